The molecular weight excluding hydrogens is 336 g/mol. The zero-order valence-corrected chi connectivity index (χ0v) is 14.4. The lowest BCUT2D eigenvalue weighted by molar-refractivity contribution is 0.0693. The van der Waals surface area contributed by atoms with Crippen LogP contribution in [0.1, 0.15) is 31.1 Å². The fourth-order valence-corrected chi connectivity index (χ4v) is 2.58. The van der Waals surface area contributed by atoms with Gasteiger partial charge < -0.3 is 14.8 Å². The highest BCUT2D eigenvalue weighted by Gasteiger charge is 2.33. The molecule has 7 heteroatoms. The van der Waals surface area contributed by atoms with Gasteiger partial charge >= 0.3 is 0 Å². The number of benzene rings is 2. The van der Waals surface area contributed by atoms with Gasteiger partial charge in [-0.25, -0.2) is 0 Å². The van der Waals surface area contributed by atoms with Crippen LogP contribution in [0.4, 0.5) is 5.69 Å². The van der Waals surface area contributed by atoms with Crippen molar-refractivity contribution < 1.29 is 23.9 Å². The minimum Gasteiger partial charge on any atom is -0.491 e. The number of nitrogens with one attached hydrogen (secondary N) is 1. The Kier molecular flexibility index (Phi) is 4.99. The van der Waals surface area contributed by atoms with E-state index in [-0.39, 0.29) is 17.4 Å². The van der Waals surface area contributed by atoms with E-state index in [1.54, 1.807) is 31.4 Å². The molecule has 0 aromatic heterocycles. The molecule has 2 aromatic rings. The van der Waals surface area contributed by atoms with Gasteiger partial charge in [-0.15, -0.1) is 0 Å². The Morgan fingerprint density at radius 3 is 2.38 bits per heavy atom. The molecule has 1 heterocycles. The maximum absolute atomic E-state index is 12.4. The van der Waals surface area contributed by atoms with Gasteiger partial charge in [0.2, 0.25) is 0 Å². The number of ether oxygens (including phenoxy) is 2. The summed E-state index contributed by atoms with van der Waals surface area (Å²) >= 11 is 0. The van der Waals surface area contributed by atoms with Gasteiger partial charge in [0.1, 0.15) is 12.4 Å². The first kappa shape index (κ1) is 17.6. The van der Waals surface area contributed by atoms with Crippen LogP contribution in [-0.2, 0) is 4.74 Å². The molecule has 0 saturated heterocycles. The maximum Gasteiger partial charge on any atom is 0.261 e. The summed E-state index contributed by atoms with van der Waals surface area (Å²) in [5.41, 5.74) is 1.45. The molecule has 0 aliphatic carbocycles. The monoisotopic (exact) mass is 354 g/mol. The largest absolute Gasteiger partial charge is 0.491 e. The second-order valence-electron chi connectivity index (χ2n) is 5.75. The number of carbonyl (C=O) groups is 3. The first-order valence-corrected chi connectivity index (χ1v) is 8.01. The van der Waals surface area contributed by atoms with Crippen LogP contribution in [0.15, 0.2) is 42.5 Å². The van der Waals surface area contributed by atoms with E-state index < -0.39 is 5.91 Å². The Balaban J connectivity index is 1.69. The summed E-state index contributed by atoms with van der Waals surface area (Å²) in [5, 5.41) is 2.75. The van der Waals surface area contributed by atoms with Crippen molar-refractivity contribution in [2.45, 2.75) is 0 Å². The zero-order chi connectivity index (χ0) is 18.7. The Morgan fingerprint density at radius 2 is 1.69 bits per heavy atom. The van der Waals surface area contributed by atoms with Gasteiger partial charge in [-0.05, 0) is 42.5 Å². The summed E-state index contributed by atoms with van der Waals surface area (Å²) in [7, 11) is 3.02. The summed E-state index contributed by atoms with van der Waals surface area (Å²) in [4.78, 5) is 37.4. The van der Waals surface area contributed by atoms with E-state index in [4.69, 9.17) is 9.47 Å². The van der Waals surface area contributed by atoms with E-state index in [1.165, 1.54) is 25.2 Å². The zero-order valence-electron chi connectivity index (χ0n) is 14.4. The molecule has 134 valence electrons. The van der Waals surface area contributed by atoms with Gasteiger partial charge in [0, 0.05) is 25.4 Å². The van der Waals surface area contributed by atoms with E-state index in [0.717, 1.165) is 4.90 Å². The summed E-state index contributed by atoms with van der Waals surface area (Å²) in [6, 6.07) is 11.4. The number of carbonyl (C=O) groups excluding carboxylic acids is 3. The molecule has 0 radical (unpaired) electrons. The van der Waals surface area contributed by atoms with Crippen LogP contribution in [0.3, 0.4) is 0 Å². The van der Waals surface area contributed by atoms with Crippen molar-refractivity contribution in [1.82, 2.24) is 4.90 Å². The van der Waals surface area contributed by atoms with Crippen LogP contribution in [-0.4, -0.2) is 50.0 Å². The molecule has 0 fully saturated rings. The van der Waals surface area contributed by atoms with Crippen molar-refractivity contribution in [3.05, 3.63) is 59.2 Å². The first-order chi connectivity index (χ1) is 12.5. The van der Waals surface area contributed by atoms with Gasteiger partial charge in [0.15, 0.2) is 0 Å². The molecule has 0 atom stereocenters. The fraction of sp³-hybridized carbons (Fsp3) is 0.211. The summed E-state index contributed by atoms with van der Waals surface area (Å²) < 4.78 is 10.4. The topological polar surface area (TPSA) is 84.9 Å². The quantitative estimate of drug-likeness (QED) is 0.635. The van der Waals surface area contributed by atoms with Crippen molar-refractivity contribution in [3.8, 4) is 5.75 Å². The molecule has 3 rings (SSSR count). The number of rotatable bonds is 6. The molecule has 3 amide bonds. The molecule has 1 N–H and O–H groups in total. The number of hydrogen-bond donors (Lipinski definition) is 1. The fourth-order valence-electron chi connectivity index (χ4n) is 2.58. The molecule has 0 unspecified atom stereocenters. The van der Waals surface area contributed by atoms with Gasteiger partial charge in [0.25, 0.3) is 17.7 Å². The molecule has 7 nitrogen and oxygen atoms in total. The molecule has 26 heavy (non-hydrogen) atoms. The van der Waals surface area contributed by atoms with Gasteiger partial charge in [-0.1, -0.05) is 0 Å². The maximum atomic E-state index is 12.4. The van der Waals surface area contributed by atoms with Crippen molar-refractivity contribution in [2.75, 3.05) is 32.7 Å². The highest BCUT2D eigenvalue weighted by atomic mass is 16.5. The average molecular weight is 354 g/mol. The minimum absolute atomic E-state index is 0.243. The van der Waals surface area contributed by atoms with Crippen LogP contribution in [0, 0.1) is 0 Å². The molecule has 0 spiro atoms. The van der Waals surface area contributed by atoms with Gasteiger partial charge in [-0.2, -0.15) is 0 Å². The Morgan fingerprint density at radius 1 is 1.00 bits per heavy atom. The second kappa shape index (κ2) is 7.37. The number of methoxy groups -OCH3 is 1. The van der Waals surface area contributed by atoms with E-state index in [0.29, 0.717) is 35.8 Å². The predicted molar refractivity (Wildman–Crippen MR) is 94.6 cm³/mol. The lowest BCUT2D eigenvalue weighted by Crippen LogP contribution is -2.24. The normalized spacial score (nSPS) is 12.9. The number of hydrogen-bond acceptors (Lipinski definition) is 5. The molecule has 2 aromatic carbocycles. The molecule has 0 saturated carbocycles. The highest BCUT2D eigenvalue weighted by Crippen LogP contribution is 2.23. The minimum atomic E-state index is -0.405. The van der Waals surface area contributed by atoms with Gasteiger partial charge in [-0.3, -0.25) is 19.3 Å². The van der Waals surface area contributed by atoms with Crippen molar-refractivity contribution in [3.63, 3.8) is 0 Å². The van der Waals surface area contributed by atoms with Crippen LogP contribution >= 0.6 is 0 Å². The summed E-state index contributed by atoms with van der Waals surface area (Å²) in [6.07, 6.45) is 0. The van der Waals surface area contributed by atoms with Crippen LogP contribution in [0.2, 0.25) is 0 Å². The van der Waals surface area contributed by atoms with E-state index in [2.05, 4.69) is 5.32 Å². The van der Waals surface area contributed by atoms with Crippen molar-refractivity contribution in [2.24, 2.45) is 0 Å². The van der Waals surface area contributed by atoms with E-state index in [1.807, 2.05) is 0 Å². The third-order valence-corrected chi connectivity index (χ3v) is 4.02. The average Bonchev–Trinajstić information content (AvgIpc) is 2.87. The Bertz CT molecular complexity index is 861. The third-order valence-electron chi connectivity index (χ3n) is 4.02. The molecule has 1 aliphatic rings. The van der Waals surface area contributed by atoms with E-state index in [9.17, 15) is 14.4 Å². The summed E-state index contributed by atoms with van der Waals surface area (Å²) in [5.74, 6) is -0.460. The molecule has 0 bridgehead atoms. The highest BCUT2D eigenvalue weighted by molar-refractivity contribution is 6.22. The van der Waals surface area contributed by atoms with Crippen LogP contribution < -0.4 is 10.1 Å². The number of fused-ring (bicyclic) bond motifs is 1. The number of imide groups is 1. The number of nitrogens with zero attached hydrogens (tertiary/aromatic N) is 1. The second-order valence-corrected chi connectivity index (χ2v) is 5.75. The van der Waals surface area contributed by atoms with Crippen LogP contribution in [0.25, 0.3) is 0 Å². The standard InChI is InChI=1S/C19H18N2O5/c1-21-18(23)15-8-3-12(11-16(15)19(21)24)17(22)20-13-4-6-14(7-5-13)26-10-9-25-2/h3-8,11H,9-10H2,1-2H3,(H,20,22). The number of amides is 3. The SMILES string of the molecule is COCCOc1ccc(NC(=O)c2ccc3c(c2)C(=O)N(C)C3=O)cc1. The Hall–Kier alpha value is -3.19. The van der Waals surface area contributed by atoms with Crippen LogP contribution in [0.5, 0.6) is 5.75 Å². The van der Waals surface area contributed by atoms with Crippen molar-refractivity contribution in [1.29, 1.82) is 0 Å². The first-order valence-electron chi connectivity index (χ1n) is 8.01. The van der Waals surface area contributed by atoms with Crippen molar-refractivity contribution >= 4 is 23.4 Å². The third kappa shape index (κ3) is 3.43. The lowest BCUT2D eigenvalue weighted by atomic mass is 10.1. The summed E-state index contributed by atoms with van der Waals surface area (Å²) in [6.45, 7) is 0.936. The molecular formula is C19H18N2O5. The van der Waals surface area contributed by atoms with E-state index >= 15 is 0 Å². The number of anilines is 1. The van der Waals surface area contributed by atoms with Gasteiger partial charge in [0.05, 0.1) is 17.7 Å². The predicted octanol–water partition coefficient (Wildman–Crippen LogP) is 2.19. The smallest absolute Gasteiger partial charge is 0.261 e. The lowest BCUT2D eigenvalue weighted by Gasteiger charge is -2.08. The Labute approximate surface area is 150 Å². The molecule has 1 aliphatic heterocycles.